The number of nitrogen functional groups attached to an aromatic ring is 1. The maximum Gasteiger partial charge on any atom is 0.341 e. The molecule has 2 aromatic carbocycles. The third-order valence-corrected chi connectivity index (χ3v) is 5.01. The highest BCUT2D eigenvalue weighted by molar-refractivity contribution is 6.07. The quantitative estimate of drug-likeness (QED) is 0.625. The van der Waals surface area contributed by atoms with E-state index in [0.717, 1.165) is 11.1 Å². The van der Waals surface area contributed by atoms with Crippen molar-refractivity contribution in [1.82, 2.24) is 0 Å². The first-order valence-corrected chi connectivity index (χ1v) is 8.49. The van der Waals surface area contributed by atoms with E-state index in [9.17, 15) is 14.7 Å². The number of benzene rings is 2. The molecule has 2 aromatic rings. The fourth-order valence-corrected chi connectivity index (χ4v) is 3.58. The van der Waals surface area contributed by atoms with E-state index in [0.29, 0.717) is 33.6 Å². The first-order chi connectivity index (χ1) is 12.8. The van der Waals surface area contributed by atoms with Crippen molar-refractivity contribution in [3.63, 3.8) is 0 Å². The number of esters is 1. The smallest absolute Gasteiger partial charge is 0.341 e. The predicted octanol–water partition coefficient (Wildman–Crippen LogP) is 4.04. The van der Waals surface area contributed by atoms with E-state index in [1.807, 2.05) is 26.8 Å². The Hall–Kier alpha value is -3.28. The minimum absolute atomic E-state index is 0.150. The topological polar surface area (TPSA) is 98.8 Å². The molecular formula is C21H21NO5. The molecule has 6 heteroatoms. The van der Waals surface area contributed by atoms with E-state index < -0.39 is 11.9 Å². The number of nitrogens with two attached hydrogens (primary N) is 1. The third-order valence-electron chi connectivity index (χ3n) is 5.01. The Morgan fingerprint density at radius 3 is 2.63 bits per heavy atom. The van der Waals surface area contributed by atoms with Crippen LogP contribution in [-0.4, -0.2) is 24.2 Å². The second kappa shape index (κ2) is 6.79. The molecule has 0 fully saturated rings. The molecule has 0 aliphatic carbocycles. The summed E-state index contributed by atoms with van der Waals surface area (Å²) in [6, 6.07) is 4.99. The summed E-state index contributed by atoms with van der Waals surface area (Å²) in [5.41, 5.74) is 11.0. The number of anilines is 1. The average molecular weight is 367 g/mol. The number of cyclic esters (lactones) is 1. The minimum atomic E-state index is -1.04. The summed E-state index contributed by atoms with van der Waals surface area (Å²) in [5.74, 6) is -1.01. The van der Waals surface area contributed by atoms with Crippen LogP contribution < -0.4 is 10.5 Å². The predicted molar refractivity (Wildman–Crippen MR) is 103 cm³/mol. The zero-order valence-corrected chi connectivity index (χ0v) is 15.7. The highest BCUT2D eigenvalue weighted by Crippen LogP contribution is 2.47. The highest BCUT2D eigenvalue weighted by atomic mass is 16.5. The number of fused-ring (bicyclic) bond motifs is 1. The summed E-state index contributed by atoms with van der Waals surface area (Å²) in [4.78, 5) is 24.0. The molecule has 0 atom stereocenters. The van der Waals surface area contributed by atoms with Crippen molar-refractivity contribution in [2.45, 2.75) is 27.4 Å². The van der Waals surface area contributed by atoms with Crippen LogP contribution >= 0.6 is 0 Å². The van der Waals surface area contributed by atoms with Crippen LogP contribution in [0.15, 0.2) is 24.3 Å². The second-order valence-electron chi connectivity index (χ2n) is 6.38. The number of hydrogen-bond acceptors (Lipinski definition) is 5. The van der Waals surface area contributed by atoms with Crippen molar-refractivity contribution >= 4 is 23.2 Å². The molecule has 3 rings (SSSR count). The van der Waals surface area contributed by atoms with E-state index >= 15 is 0 Å². The number of ether oxygens (including phenoxy) is 2. The molecular weight excluding hydrogens is 346 g/mol. The number of allylic oxidation sites excluding steroid dienone is 2. The van der Waals surface area contributed by atoms with Crippen LogP contribution in [0.3, 0.4) is 0 Å². The molecule has 3 N–H and O–H groups in total. The normalized spacial score (nSPS) is 13.3. The minimum Gasteiger partial charge on any atom is -0.496 e. The Bertz CT molecular complexity index is 1000. The Kier molecular flexibility index (Phi) is 4.66. The number of methoxy groups -OCH3 is 1. The van der Waals surface area contributed by atoms with Gasteiger partial charge < -0.3 is 20.3 Å². The second-order valence-corrected chi connectivity index (χ2v) is 6.38. The molecule has 0 spiro atoms. The van der Waals surface area contributed by atoms with Gasteiger partial charge in [0.05, 0.1) is 23.9 Å². The van der Waals surface area contributed by atoms with E-state index in [2.05, 4.69) is 0 Å². The van der Waals surface area contributed by atoms with Crippen LogP contribution in [0.1, 0.15) is 51.3 Å². The Balaban J connectivity index is 2.48. The van der Waals surface area contributed by atoms with Gasteiger partial charge in [0.2, 0.25) is 0 Å². The van der Waals surface area contributed by atoms with Gasteiger partial charge in [-0.15, -0.1) is 0 Å². The lowest BCUT2D eigenvalue weighted by Gasteiger charge is -2.21. The Labute approximate surface area is 157 Å². The fourth-order valence-electron chi connectivity index (χ4n) is 3.58. The molecule has 0 saturated carbocycles. The number of hydrogen-bond donors (Lipinski definition) is 2. The molecule has 0 amide bonds. The van der Waals surface area contributed by atoms with E-state index in [-0.39, 0.29) is 17.9 Å². The van der Waals surface area contributed by atoms with E-state index in [4.69, 9.17) is 15.2 Å². The zero-order valence-electron chi connectivity index (χ0n) is 15.7. The van der Waals surface area contributed by atoms with Gasteiger partial charge in [-0.25, -0.2) is 9.59 Å². The fraction of sp³-hybridized carbons (Fsp3) is 0.238. The monoisotopic (exact) mass is 367 g/mol. The molecule has 0 radical (unpaired) electrons. The van der Waals surface area contributed by atoms with Crippen LogP contribution in [-0.2, 0) is 11.3 Å². The third kappa shape index (κ3) is 2.73. The first-order valence-electron chi connectivity index (χ1n) is 8.49. The Morgan fingerprint density at radius 1 is 1.33 bits per heavy atom. The SMILES string of the molecule is CC=C(C)c1c(C(=O)O)cccc1-c1c(N)c2c(c(C)c1OC)COC2=O. The van der Waals surface area contributed by atoms with Crippen LogP contribution in [0.5, 0.6) is 5.75 Å². The van der Waals surface area contributed by atoms with Gasteiger partial charge in [-0.05, 0) is 49.1 Å². The summed E-state index contributed by atoms with van der Waals surface area (Å²) >= 11 is 0. The van der Waals surface area contributed by atoms with Crippen molar-refractivity contribution in [2.75, 3.05) is 12.8 Å². The standard InChI is InChI=1S/C21H21NO5/c1-5-10(2)15-12(7-6-8-13(15)20(23)24)16-18(22)17-14(9-27-21(17)25)11(3)19(16)26-4/h5-8H,9,22H2,1-4H3,(H,23,24). The molecule has 6 nitrogen and oxygen atoms in total. The molecule has 0 bridgehead atoms. The lowest BCUT2D eigenvalue weighted by molar-refractivity contribution is 0.0535. The maximum absolute atomic E-state index is 12.2. The number of carbonyl (C=O) groups excluding carboxylic acids is 1. The lowest BCUT2D eigenvalue weighted by atomic mass is 9.86. The molecule has 27 heavy (non-hydrogen) atoms. The molecule has 1 aliphatic rings. The molecule has 1 aliphatic heterocycles. The van der Waals surface area contributed by atoms with Gasteiger partial charge in [0.25, 0.3) is 0 Å². The number of carboxylic acids is 1. The Morgan fingerprint density at radius 2 is 2.04 bits per heavy atom. The summed E-state index contributed by atoms with van der Waals surface area (Å²) in [6.45, 7) is 5.66. The summed E-state index contributed by atoms with van der Waals surface area (Å²) < 4.78 is 10.8. The average Bonchev–Trinajstić information content (AvgIpc) is 3.05. The molecule has 0 saturated heterocycles. The summed E-state index contributed by atoms with van der Waals surface area (Å²) in [5, 5.41) is 9.66. The van der Waals surface area contributed by atoms with E-state index in [1.54, 1.807) is 18.2 Å². The van der Waals surface area contributed by atoms with Crippen molar-refractivity contribution in [2.24, 2.45) is 0 Å². The van der Waals surface area contributed by atoms with Crippen molar-refractivity contribution < 1.29 is 24.2 Å². The van der Waals surface area contributed by atoms with Gasteiger partial charge in [0.1, 0.15) is 12.4 Å². The number of rotatable bonds is 4. The van der Waals surface area contributed by atoms with Gasteiger partial charge in [0.15, 0.2) is 0 Å². The molecule has 0 unspecified atom stereocenters. The van der Waals surface area contributed by atoms with Gasteiger partial charge >= 0.3 is 11.9 Å². The first kappa shape index (κ1) is 18.5. The van der Waals surface area contributed by atoms with Gasteiger partial charge in [0, 0.05) is 11.1 Å². The summed E-state index contributed by atoms with van der Waals surface area (Å²) in [6.07, 6.45) is 1.84. The van der Waals surface area contributed by atoms with Crippen LogP contribution in [0.2, 0.25) is 0 Å². The summed E-state index contributed by atoms with van der Waals surface area (Å²) in [7, 11) is 1.53. The van der Waals surface area contributed by atoms with Crippen LogP contribution in [0, 0.1) is 6.92 Å². The lowest BCUT2D eigenvalue weighted by Crippen LogP contribution is -2.09. The van der Waals surface area contributed by atoms with Crippen LogP contribution in [0.25, 0.3) is 16.7 Å². The van der Waals surface area contributed by atoms with Crippen LogP contribution in [0.4, 0.5) is 5.69 Å². The highest BCUT2D eigenvalue weighted by Gasteiger charge is 2.32. The number of carboxylic acid groups (broad SMARTS) is 1. The zero-order chi connectivity index (χ0) is 19.9. The van der Waals surface area contributed by atoms with Crippen molar-refractivity contribution in [3.8, 4) is 16.9 Å². The van der Waals surface area contributed by atoms with Gasteiger partial charge in [-0.2, -0.15) is 0 Å². The molecule has 1 heterocycles. The molecule has 0 aromatic heterocycles. The van der Waals surface area contributed by atoms with Gasteiger partial charge in [-0.3, -0.25) is 0 Å². The number of carbonyl (C=O) groups is 2. The van der Waals surface area contributed by atoms with Gasteiger partial charge in [-0.1, -0.05) is 18.2 Å². The number of aromatic carboxylic acids is 1. The van der Waals surface area contributed by atoms with Crippen molar-refractivity contribution in [3.05, 3.63) is 52.1 Å². The van der Waals surface area contributed by atoms with E-state index in [1.165, 1.54) is 7.11 Å². The largest absolute Gasteiger partial charge is 0.496 e. The van der Waals surface area contributed by atoms with Crippen molar-refractivity contribution in [1.29, 1.82) is 0 Å². The maximum atomic E-state index is 12.2. The molecule has 140 valence electrons.